The first-order chi connectivity index (χ1) is 10.6. The monoisotopic (exact) mass is 298 g/mol. The van der Waals surface area contributed by atoms with Crippen molar-refractivity contribution in [1.29, 1.82) is 0 Å². The number of rotatable bonds is 7. The van der Waals surface area contributed by atoms with Crippen LogP contribution in [0.4, 0.5) is 0 Å². The highest BCUT2D eigenvalue weighted by molar-refractivity contribution is 5.94. The molecule has 2 aromatic rings. The number of Topliss-reactive ketones (excluding diaryl/α,β-unsaturated/α-hetero) is 2. The molecule has 0 N–H and O–H groups in total. The maximum atomic E-state index is 11.3. The summed E-state index contributed by atoms with van der Waals surface area (Å²) >= 11 is 0. The fourth-order valence-electron chi connectivity index (χ4n) is 1.93. The second kappa shape index (κ2) is 7.41. The summed E-state index contributed by atoms with van der Waals surface area (Å²) < 4.78 is 11.1. The molecule has 4 nitrogen and oxygen atoms in total. The van der Waals surface area contributed by atoms with E-state index in [9.17, 15) is 9.59 Å². The number of carbonyl (C=O) groups is 2. The van der Waals surface area contributed by atoms with Gasteiger partial charge in [0.25, 0.3) is 0 Å². The molecule has 22 heavy (non-hydrogen) atoms. The Morgan fingerprint density at radius 2 is 1.18 bits per heavy atom. The van der Waals surface area contributed by atoms with Gasteiger partial charge in [0, 0.05) is 11.1 Å². The van der Waals surface area contributed by atoms with E-state index in [-0.39, 0.29) is 11.6 Å². The molecule has 0 atom stereocenters. The molecule has 0 unspecified atom stereocenters. The summed E-state index contributed by atoms with van der Waals surface area (Å²) in [4.78, 5) is 22.6. The van der Waals surface area contributed by atoms with E-state index < -0.39 is 0 Å². The van der Waals surface area contributed by atoms with Gasteiger partial charge < -0.3 is 9.47 Å². The van der Waals surface area contributed by atoms with Crippen LogP contribution in [-0.4, -0.2) is 24.8 Å². The molecule has 0 bridgehead atoms. The molecule has 0 amide bonds. The molecule has 0 fully saturated rings. The molecule has 0 aliphatic heterocycles. The van der Waals surface area contributed by atoms with E-state index in [0.717, 1.165) is 0 Å². The van der Waals surface area contributed by atoms with Crippen LogP contribution in [-0.2, 0) is 0 Å². The molecule has 0 aliphatic carbocycles. The van der Waals surface area contributed by atoms with Crippen LogP contribution in [0.1, 0.15) is 34.6 Å². The highest BCUT2D eigenvalue weighted by atomic mass is 16.5. The quantitative estimate of drug-likeness (QED) is 0.579. The number of carbonyl (C=O) groups excluding carboxylic acids is 2. The summed E-state index contributed by atoms with van der Waals surface area (Å²) in [5.41, 5.74) is 1.24. The summed E-state index contributed by atoms with van der Waals surface area (Å²) in [6.45, 7) is 3.74. The first-order valence-electron chi connectivity index (χ1n) is 7.04. The normalized spacial score (nSPS) is 10.1. The number of benzene rings is 2. The maximum absolute atomic E-state index is 11.3. The summed E-state index contributed by atoms with van der Waals surface area (Å²) in [6, 6.07) is 14.1. The van der Waals surface area contributed by atoms with Crippen LogP contribution in [0.2, 0.25) is 0 Å². The predicted molar refractivity (Wildman–Crippen MR) is 83.9 cm³/mol. The van der Waals surface area contributed by atoms with Crippen molar-refractivity contribution in [1.82, 2.24) is 0 Å². The molecule has 0 heterocycles. The Kier molecular flexibility index (Phi) is 5.31. The van der Waals surface area contributed by atoms with Gasteiger partial charge in [-0.05, 0) is 38.1 Å². The van der Waals surface area contributed by atoms with E-state index in [0.29, 0.717) is 35.8 Å². The average Bonchev–Trinajstić information content (AvgIpc) is 2.52. The van der Waals surface area contributed by atoms with Gasteiger partial charge in [-0.3, -0.25) is 9.59 Å². The average molecular weight is 298 g/mol. The summed E-state index contributed by atoms with van der Waals surface area (Å²) in [5, 5.41) is 0. The van der Waals surface area contributed by atoms with E-state index >= 15 is 0 Å². The van der Waals surface area contributed by atoms with Gasteiger partial charge in [0.05, 0.1) is 0 Å². The Morgan fingerprint density at radius 1 is 0.773 bits per heavy atom. The standard InChI is InChI=1S/C18H18O4/c1-13(19)15-5-3-7-17(11-15)21-9-10-22-18-8-4-6-16(12-18)14(2)20/h3-8,11-12H,9-10H2,1-2H3. The van der Waals surface area contributed by atoms with Crippen molar-refractivity contribution in [3.63, 3.8) is 0 Å². The highest BCUT2D eigenvalue weighted by Crippen LogP contribution is 2.15. The molecular weight excluding hydrogens is 280 g/mol. The summed E-state index contributed by atoms with van der Waals surface area (Å²) in [5.74, 6) is 1.27. The number of ketones is 2. The topological polar surface area (TPSA) is 52.6 Å². The van der Waals surface area contributed by atoms with Crippen LogP contribution in [0.15, 0.2) is 48.5 Å². The molecule has 0 aromatic heterocycles. The van der Waals surface area contributed by atoms with Crippen molar-refractivity contribution < 1.29 is 19.1 Å². The van der Waals surface area contributed by atoms with Crippen LogP contribution < -0.4 is 9.47 Å². The van der Waals surface area contributed by atoms with Gasteiger partial charge in [-0.1, -0.05) is 24.3 Å². The zero-order valence-electron chi connectivity index (χ0n) is 12.7. The van der Waals surface area contributed by atoms with Crippen molar-refractivity contribution in [2.24, 2.45) is 0 Å². The van der Waals surface area contributed by atoms with Gasteiger partial charge in [0.15, 0.2) is 11.6 Å². The van der Waals surface area contributed by atoms with Crippen molar-refractivity contribution in [3.8, 4) is 11.5 Å². The Morgan fingerprint density at radius 3 is 1.55 bits per heavy atom. The van der Waals surface area contributed by atoms with E-state index in [1.165, 1.54) is 13.8 Å². The molecule has 4 heteroatoms. The molecule has 0 aliphatic rings. The lowest BCUT2D eigenvalue weighted by atomic mass is 10.1. The van der Waals surface area contributed by atoms with Crippen molar-refractivity contribution in [3.05, 3.63) is 59.7 Å². The lowest BCUT2D eigenvalue weighted by Crippen LogP contribution is -2.09. The lowest BCUT2D eigenvalue weighted by molar-refractivity contribution is 0.100. The summed E-state index contributed by atoms with van der Waals surface area (Å²) in [7, 11) is 0. The minimum absolute atomic E-state index is 0.00254. The fraction of sp³-hybridized carbons (Fsp3) is 0.222. The number of hydrogen-bond donors (Lipinski definition) is 0. The van der Waals surface area contributed by atoms with Gasteiger partial charge in [-0.2, -0.15) is 0 Å². The summed E-state index contributed by atoms with van der Waals surface area (Å²) in [6.07, 6.45) is 0. The minimum Gasteiger partial charge on any atom is -0.490 e. The maximum Gasteiger partial charge on any atom is 0.159 e. The van der Waals surface area contributed by atoms with Gasteiger partial charge in [0.2, 0.25) is 0 Å². The smallest absolute Gasteiger partial charge is 0.159 e. The molecule has 0 saturated heterocycles. The molecule has 0 saturated carbocycles. The molecule has 0 spiro atoms. The SMILES string of the molecule is CC(=O)c1cccc(OCCOc2cccc(C(C)=O)c2)c1. The second-order valence-corrected chi connectivity index (χ2v) is 4.86. The van der Waals surface area contributed by atoms with E-state index in [4.69, 9.17) is 9.47 Å². The first-order valence-corrected chi connectivity index (χ1v) is 7.04. The van der Waals surface area contributed by atoms with Crippen molar-refractivity contribution in [2.75, 3.05) is 13.2 Å². The Bertz CT molecular complexity index is 617. The number of ether oxygens (including phenoxy) is 2. The Hall–Kier alpha value is -2.62. The van der Waals surface area contributed by atoms with Crippen LogP contribution >= 0.6 is 0 Å². The van der Waals surface area contributed by atoms with Crippen molar-refractivity contribution in [2.45, 2.75) is 13.8 Å². The van der Waals surface area contributed by atoms with Crippen LogP contribution in [0.25, 0.3) is 0 Å². The zero-order chi connectivity index (χ0) is 15.9. The van der Waals surface area contributed by atoms with Gasteiger partial charge in [-0.25, -0.2) is 0 Å². The van der Waals surface area contributed by atoms with E-state index in [1.807, 2.05) is 0 Å². The molecule has 0 radical (unpaired) electrons. The molecule has 2 aromatic carbocycles. The van der Waals surface area contributed by atoms with Gasteiger partial charge >= 0.3 is 0 Å². The Balaban J connectivity index is 1.84. The third-order valence-electron chi connectivity index (χ3n) is 3.10. The molecular formula is C18H18O4. The fourth-order valence-corrected chi connectivity index (χ4v) is 1.93. The van der Waals surface area contributed by atoms with Crippen LogP contribution in [0.5, 0.6) is 11.5 Å². The third kappa shape index (κ3) is 4.45. The van der Waals surface area contributed by atoms with Crippen LogP contribution in [0.3, 0.4) is 0 Å². The zero-order valence-corrected chi connectivity index (χ0v) is 12.7. The van der Waals surface area contributed by atoms with E-state index in [2.05, 4.69) is 0 Å². The Labute approximate surface area is 129 Å². The van der Waals surface area contributed by atoms with E-state index in [1.54, 1.807) is 48.5 Å². The largest absolute Gasteiger partial charge is 0.490 e. The van der Waals surface area contributed by atoms with Gasteiger partial charge in [0.1, 0.15) is 24.7 Å². The lowest BCUT2D eigenvalue weighted by Gasteiger charge is -2.09. The number of hydrogen-bond acceptors (Lipinski definition) is 4. The van der Waals surface area contributed by atoms with Crippen molar-refractivity contribution >= 4 is 11.6 Å². The second-order valence-electron chi connectivity index (χ2n) is 4.86. The van der Waals surface area contributed by atoms with Gasteiger partial charge in [-0.15, -0.1) is 0 Å². The highest BCUT2D eigenvalue weighted by Gasteiger charge is 2.03. The van der Waals surface area contributed by atoms with Crippen LogP contribution in [0, 0.1) is 0 Å². The third-order valence-corrected chi connectivity index (χ3v) is 3.10. The first kappa shape index (κ1) is 15.8. The predicted octanol–water partition coefficient (Wildman–Crippen LogP) is 3.55. The minimum atomic E-state index is 0.00254. The molecule has 2 rings (SSSR count). The molecule has 114 valence electrons.